The maximum absolute atomic E-state index is 12.7. The number of allylic oxidation sites excluding steroid dienone is 4. The van der Waals surface area contributed by atoms with Gasteiger partial charge in [0.25, 0.3) is 0 Å². The van der Waals surface area contributed by atoms with Gasteiger partial charge in [-0.15, -0.1) is 0 Å². The number of alkyl halides is 3. The minimum Gasteiger partial charge on any atom is -0.378 e. The number of hydrogen-bond donors (Lipinski definition) is 2. The largest absolute Gasteiger partial charge is 0.412 e. The Balaban J connectivity index is 2.29. The van der Waals surface area contributed by atoms with Gasteiger partial charge in [0.1, 0.15) is 6.23 Å². The van der Waals surface area contributed by atoms with Gasteiger partial charge in [-0.05, 0) is 58.3 Å². The highest BCUT2D eigenvalue weighted by atomic mass is 19.4. The zero-order valence-electron chi connectivity index (χ0n) is 16.3. The SMILES string of the molecule is CCN(CCNCCC[C@H](O)N(CC)CC)C1=CC=C(C(F)(F)F)CC1. The number of rotatable bonds is 12. The van der Waals surface area contributed by atoms with E-state index in [2.05, 4.69) is 10.2 Å². The summed E-state index contributed by atoms with van der Waals surface area (Å²) in [7, 11) is 0. The number of hydrogen-bond acceptors (Lipinski definition) is 4. The van der Waals surface area contributed by atoms with E-state index in [0.29, 0.717) is 6.42 Å². The fourth-order valence-electron chi connectivity index (χ4n) is 3.21. The van der Waals surface area contributed by atoms with Crippen LogP contribution in [-0.4, -0.2) is 66.6 Å². The van der Waals surface area contributed by atoms with E-state index >= 15 is 0 Å². The van der Waals surface area contributed by atoms with Crippen LogP contribution >= 0.6 is 0 Å². The van der Waals surface area contributed by atoms with Crippen LogP contribution in [0.25, 0.3) is 0 Å². The number of nitrogens with one attached hydrogen (secondary N) is 1. The summed E-state index contributed by atoms with van der Waals surface area (Å²) >= 11 is 0. The third-order valence-electron chi connectivity index (χ3n) is 4.89. The number of nitrogens with zero attached hydrogens (tertiary/aromatic N) is 2. The summed E-state index contributed by atoms with van der Waals surface area (Å²) in [6, 6.07) is 0. The van der Waals surface area contributed by atoms with E-state index in [-0.39, 0.29) is 12.6 Å². The van der Waals surface area contributed by atoms with Crippen molar-refractivity contribution < 1.29 is 18.3 Å². The van der Waals surface area contributed by atoms with Gasteiger partial charge in [0.15, 0.2) is 0 Å². The number of aliphatic hydroxyl groups is 1. The van der Waals surface area contributed by atoms with Crippen LogP contribution in [0.3, 0.4) is 0 Å². The Labute approximate surface area is 155 Å². The second kappa shape index (κ2) is 11.6. The van der Waals surface area contributed by atoms with Crippen LogP contribution < -0.4 is 5.32 Å². The van der Waals surface area contributed by atoms with Crippen molar-refractivity contribution >= 4 is 0 Å². The highest BCUT2D eigenvalue weighted by Crippen LogP contribution is 2.33. The van der Waals surface area contributed by atoms with Gasteiger partial charge in [0.05, 0.1) is 0 Å². The molecule has 1 rings (SSSR count). The predicted molar refractivity (Wildman–Crippen MR) is 99.7 cm³/mol. The van der Waals surface area contributed by atoms with E-state index < -0.39 is 11.7 Å². The molecule has 1 aliphatic rings. The number of likely N-dealkylation sites (N-methyl/N-ethyl adjacent to an activating group) is 1. The lowest BCUT2D eigenvalue weighted by atomic mass is 10.0. The molecule has 0 bridgehead atoms. The summed E-state index contributed by atoms with van der Waals surface area (Å²) in [5, 5.41) is 13.4. The Morgan fingerprint density at radius 3 is 2.27 bits per heavy atom. The Bertz CT molecular complexity index is 459. The maximum atomic E-state index is 12.7. The first-order chi connectivity index (χ1) is 12.3. The predicted octanol–water partition coefficient (Wildman–Crippen LogP) is 3.50. The van der Waals surface area contributed by atoms with Gasteiger partial charge in [0.2, 0.25) is 0 Å². The van der Waals surface area contributed by atoms with Gasteiger partial charge in [-0.25, -0.2) is 0 Å². The normalized spacial score (nSPS) is 16.5. The zero-order valence-corrected chi connectivity index (χ0v) is 16.3. The van der Waals surface area contributed by atoms with Crippen LogP contribution in [0.2, 0.25) is 0 Å². The zero-order chi connectivity index (χ0) is 19.6. The van der Waals surface area contributed by atoms with Crippen molar-refractivity contribution in [3.05, 3.63) is 23.4 Å². The molecule has 0 fully saturated rings. The highest BCUT2D eigenvalue weighted by molar-refractivity contribution is 5.26. The quantitative estimate of drug-likeness (QED) is 0.403. The molecule has 26 heavy (non-hydrogen) atoms. The molecule has 2 N–H and O–H groups in total. The molecule has 0 aromatic heterocycles. The lowest BCUT2D eigenvalue weighted by Crippen LogP contribution is -2.36. The van der Waals surface area contributed by atoms with Gasteiger partial charge in [-0.1, -0.05) is 19.9 Å². The second-order valence-electron chi connectivity index (χ2n) is 6.52. The minimum absolute atomic E-state index is 0.0580. The van der Waals surface area contributed by atoms with Crippen molar-refractivity contribution in [1.82, 2.24) is 15.1 Å². The third kappa shape index (κ3) is 7.68. The van der Waals surface area contributed by atoms with E-state index in [1.165, 1.54) is 6.08 Å². The minimum atomic E-state index is -4.21. The summed E-state index contributed by atoms with van der Waals surface area (Å²) in [5.41, 5.74) is 0.529. The molecule has 0 aliphatic heterocycles. The van der Waals surface area contributed by atoms with Crippen molar-refractivity contribution in [2.24, 2.45) is 0 Å². The summed E-state index contributed by atoms with van der Waals surface area (Å²) in [6.45, 7) is 10.9. The smallest absolute Gasteiger partial charge is 0.378 e. The van der Waals surface area contributed by atoms with Crippen molar-refractivity contribution in [2.45, 2.75) is 58.9 Å². The lowest BCUT2D eigenvalue weighted by Gasteiger charge is -2.29. The molecular formula is C19H34F3N3O. The van der Waals surface area contributed by atoms with E-state index in [4.69, 9.17) is 0 Å². The molecule has 0 saturated heterocycles. The van der Waals surface area contributed by atoms with Gasteiger partial charge in [0, 0.05) is 30.9 Å². The fourth-order valence-corrected chi connectivity index (χ4v) is 3.21. The van der Waals surface area contributed by atoms with Crippen molar-refractivity contribution in [2.75, 3.05) is 39.3 Å². The average molecular weight is 377 g/mol. The van der Waals surface area contributed by atoms with Gasteiger partial charge < -0.3 is 15.3 Å². The first-order valence-electron chi connectivity index (χ1n) is 9.68. The van der Waals surface area contributed by atoms with Crippen LogP contribution in [0.5, 0.6) is 0 Å². The Kier molecular flexibility index (Phi) is 10.3. The Morgan fingerprint density at radius 2 is 1.77 bits per heavy atom. The molecule has 0 heterocycles. The van der Waals surface area contributed by atoms with E-state index in [9.17, 15) is 18.3 Å². The van der Waals surface area contributed by atoms with Gasteiger partial charge in [-0.3, -0.25) is 4.90 Å². The van der Waals surface area contributed by atoms with E-state index in [1.807, 2.05) is 25.7 Å². The topological polar surface area (TPSA) is 38.7 Å². The maximum Gasteiger partial charge on any atom is 0.412 e. The first kappa shape index (κ1) is 23.0. The van der Waals surface area contributed by atoms with Crippen LogP contribution in [-0.2, 0) is 0 Å². The van der Waals surface area contributed by atoms with Crippen LogP contribution in [0.1, 0.15) is 46.5 Å². The fraction of sp³-hybridized carbons (Fsp3) is 0.789. The molecule has 0 aromatic rings. The molecular weight excluding hydrogens is 343 g/mol. The molecule has 152 valence electrons. The van der Waals surface area contributed by atoms with Crippen molar-refractivity contribution in [3.8, 4) is 0 Å². The summed E-state index contributed by atoms with van der Waals surface area (Å²) in [4.78, 5) is 4.15. The average Bonchev–Trinajstić information content (AvgIpc) is 2.61. The Hall–Kier alpha value is -1.05. The molecule has 0 amide bonds. The number of halogens is 3. The molecule has 0 unspecified atom stereocenters. The standard InChI is InChI=1S/C19H34F3N3O/c1-4-24(5-2)18(26)8-7-13-23-14-15-25(6-3)17-11-9-16(10-12-17)19(20,21)22/h9,11,18,23,26H,4-8,10,12-15H2,1-3H3/t18-/m0/s1. The highest BCUT2D eigenvalue weighted by Gasteiger charge is 2.34. The molecule has 4 nitrogen and oxygen atoms in total. The van der Waals surface area contributed by atoms with Crippen molar-refractivity contribution in [1.29, 1.82) is 0 Å². The first-order valence-corrected chi connectivity index (χ1v) is 9.68. The molecule has 0 radical (unpaired) electrons. The molecule has 0 aromatic carbocycles. The molecule has 7 heteroatoms. The van der Waals surface area contributed by atoms with E-state index in [0.717, 1.165) is 57.8 Å². The summed E-state index contributed by atoms with van der Waals surface area (Å²) in [5.74, 6) is 0. The van der Waals surface area contributed by atoms with Gasteiger partial charge in [-0.2, -0.15) is 13.2 Å². The molecule has 1 aliphatic carbocycles. The van der Waals surface area contributed by atoms with Crippen LogP contribution in [0.4, 0.5) is 13.2 Å². The van der Waals surface area contributed by atoms with Gasteiger partial charge >= 0.3 is 6.18 Å². The third-order valence-corrected chi connectivity index (χ3v) is 4.89. The molecule has 1 atom stereocenters. The second-order valence-corrected chi connectivity index (χ2v) is 6.52. The summed E-state index contributed by atoms with van der Waals surface area (Å²) in [6.07, 6.45) is 0.348. The van der Waals surface area contributed by atoms with E-state index in [1.54, 1.807) is 6.08 Å². The Morgan fingerprint density at radius 1 is 1.08 bits per heavy atom. The molecule has 0 saturated carbocycles. The summed E-state index contributed by atoms with van der Waals surface area (Å²) < 4.78 is 38.0. The van der Waals surface area contributed by atoms with Crippen LogP contribution in [0, 0.1) is 0 Å². The number of aliphatic hydroxyl groups excluding tert-OH is 1. The van der Waals surface area contributed by atoms with Crippen LogP contribution in [0.15, 0.2) is 23.4 Å². The van der Waals surface area contributed by atoms with Crippen molar-refractivity contribution in [3.63, 3.8) is 0 Å². The molecule has 0 spiro atoms. The monoisotopic (exact) mass is 377 g/mol. The lowest BCUT2D eigenvalue weighted by molar-refractivity contribution is -0.0942.